The molecule has 2 aromatic rings. The fourth-order valence-corrected chi connectivity index (χ4v) is 3.01. The molecule has 0 unspecified atom stereocenters. The number of halogens is 2. The summed E-state index contributed by atoms with van der Waals surface area (Å²) in [5.41, 5.74) is 2.61. The van der Waals surface area contributed by atoms with Gasteiger partial charge >= 0.3 is 5.97 Å². The lowest BCUT2D eigenvalue weighted by molar-refractivity contribution is -0.139. The number of aliphatic carboxylic acids is 1. The predicted octanol–water partition coefficient (Wildman–Crippen LogP) is 4.87. The minimum absolute atomic E-state index is 0.418. The summed E-state index contributed by atoms with van der Waals surface area (Å²) in [5.74, 6) is -0.138. The maximum absolute atomic E-state index is 10.7. The highest BCUT2D eigenvalue weighted by Crippen LogP contribution is 2.34. The number of aryl methyl sites for hydroxylation is 1. The van der Waals surface area contributed by atoms with Crippen molar-refractivity contribution in [1.82, 2.24) is 0 Å². The smallest absolute Gasteiger partial charge is 0.341 e. The molecule has 2 aromatic carbocycles. The molecule has 132 valence electrons. The van der Waals surface area contributed by atoms with Crippen molar-refractivity contribution in [3.05, 3.63) is 50.1 Å². The van der Waals surface area contributed by atoms with E-state index in [0.29, 0.717) is 23.1 Å². The van der Waals surface area contributed by atoms with E-state index < -0.39 is 12.6 Å². The largest absolute Gasteiger partial charge is 0.490 e. The third-order valence-corrected chi connectivity index (χ3v) is 4.23. The molecule has 2 rings (SSSR count). The topological polar surface area (TPSA) is 68.1 Å². The number of carboxylic acid groups (broad SMARTS) is 1. The molecular formula is C18H17ClINO4. The van der Waals surface area contributed by atoms with E-state index in [1.807, 2.05) is 32.0 Å². The van der Waals surface area contributed by atoms with E-state index in [4.69, 9.17) is 26.2 Å². The Morgan fingerprint density at radius 2 is 2.08 bits per heavy atom. The molecule has 0 heterocycles. The van der Waals surface area contributed by atoms with E-state index >= 15 is 0 Å². The van der Waals surface area contributed by atoms with Crippen LogP contribution in [0.25, 0.3) is 0 Å². The van der Waals surface area contributed by atoms with Gasteiger partial charge in [-0.15, -0.1) is 0 Å². The molecule has 0 aliphatic heterocycles. The Kier molecular flexibility index (Phi) is 7.07. The number of benzene rings is 2. The van der Waals surface area contributed by atoms with Crippen molar-refractivity contribution in [3.63, 3.8) is 0 Å². The molecule has 25 heavy (non-hydrogen) atoms. The minimum Gasteiger partial charge on any atom is -0.490 e. The molecule has 0 amide bonds. The van der Waals surface area contributed by atoms with Crippen molar-refractivity contribution in [2.24, 2.45) is 4.99 Å². The Bertz CT molecular complexity index is 808. The molecule has 0 bridgehead atoms. The van der Waals surface area contributed by atoms with E-state index in [2.05, 4.69) is 27.6 Å². The van der Waals surface area contributed by atoms with Crippen LogP contribution in [0.5, 0.6) is 11.5 Å². The molecular weight excluding hydrogens is 457 g/mol. The first-order valence-electron chi connectivity index (χ1n) is 7.52. The molecule has 0 radical (unpaired) electrons. The second-order valence-corrected chi connectivity index (χ2v) is 6.73. The van der Waals surface area contributed by atoms with E-state index in [1.165, 1.54) is 0 Å². The predicted molar refractivity (Wildman–Crippen MR) is 107 cm³/mol. The van der Waals surface area contributed by atoms with E-state index in [-0.39, 0.29) is 0 Å². The maximum Gasteiger partial charge on any atom is 0.341 e. The van der Waals surface area contributed by atoms with Gasteiger partial charge in [-0.2, -0.15) is 0 Å². The molecule has 0 aliphatic carbocycles. The van der Waals surface area contributed by atoms with Gasteiger partial charge in [0.15, 0.2) is 18.1 Å². The first-order valence-corrected chi connectivity index (χ1v) is 8.97. The zero-order valence-electron chi connectivity index (χ0n) is 13.8. The average Bonchev–Trinajstić information content (AvgIpc) is 2.55. The van der Waals surface area contributed by atoms with Crippen LogP contribution in [0.1, 0.15) is 18.1 Å². The Morgan fingerprint density at radius 3 is 2.76 bits per heavy atom. The van der Waals surface area contributed by atoms with E-state index in [1.54, 1.807) is 18.3 Å². The molecule has 0 atom stereocenters. The van der Waals surface area contributed by atoms with Crippen LogP contribution < -0.4 is 9.47 Å². The van der Waals surface area contributed by atoms with Crippen molar-refractivity contribution < 1.29 is 19.4 Å². The van der Waals surface area contributed by atoms with Gasteiger partial charge in [0.25, 0.3) is 0 Å². The number of hydrogen-bond donors (Lipinski definition) is 1. The molecule has 7 heteroatoms. The monoisotopic (exact) mass is 473 g/mol. The number of carboxylic acids is 1. The number of hydrogen-bond acceptors (Lipinski definition) is 4. The zero-order chi connectivity index (χ0) is 18.4. The Balaban J connectivity index is 2.33. The fraction of sp³-hybridized carbons (Fsp3) is 0.222. The van der Waals surface area contributed by atoms with Crippen LogP contribution in [-0.4, -0.2) is 30.5 Å². The van der Waals surface area contributed by atoms with E-state index in [9.17, 15) is 4.79 Å². The van der Waals surface area contributed by atoms with Gasteiger partial charge in [0, 0.05) is 11.2 Å². The van der Waals surface area contributed by atoms with Gasteiger partial charge in [-0.05, 0) is 71.8 Å². The van der Waals surface area contributed by atoms with Crippen molar-refractivity contribution in [3.8, 4) is 11.5 Å². The minimum atomic E-state index is -1.04. The maximum atomic E-state index is 10.7. The SMILES string of the molecule is CCOc1cc(C=Nc2cc(Cl)ccc2C)cc(I)c1OCC(=O)O. The number of aliphatic imine (C=N–C) groups is 1. The van der Waals surface area contributed by atoms with Crippen LogP contribution in [0.15, 0.2) is 35.3 Å². The quantitative estimate of drug-likeness (QED) is 0.460. The van der Waals surface area contributed by atoms with Gasteiger partial charge in [0.05, 0.1) is 15.9 Å². The van der Waals surface area contributed by atoms with Gasteiger partial charge in [0.1, 0.15) is 0 Å². The first-order chi connectivity index (χ1) is 11.9. The van der Waals surface area contributed by atoms with Crippen molar-refractivity contribution in [2.45, 2.75) is 13.8 Å². The molecule has 1 N–H and O–H groups in total. The lowest BCUT2D eigenvalue weighted by Crippen LogP contribution is -2.11. The second-order valence-electron chi connectivity index (χ2n) is 5.13. The normalized spacial score (nSPS) is 10.9. The summed E-state index contributed by atoms with van der Waals surface area (Å²) in [5, 5.41) is 9.42. The van der Waals surface area contributed by atoms with Gasteiger partial charge in [-0.1, -0.05) is 17.7 Å². The summed E-state index contributed by atoms with van der Waals surface area (Å²) in [4.78, 5) is 15.2. The third kappa shape index (κ3) is 5.61. The Labute approximate surface area is 164 Å². The van der Waals surface area contributed by atoms with Crippen LogP contribution in [-0.2, 0) is 4.79 Å². The first kappa shape index (κ1) is 19.5. The summed E-state index contributed by atoms with van der Waals surface area (Å²) in [7, 11) is 0. The van der Waals surface area contributed by atoms with Gasteiger partial charge < -0.3 is 14.6 Å². The summed E-state index contributed by atoms with van der Waals surface area (Å²) in [6.07, 6.45) is 1.71. The Hall–Kier alpha value is -1.80. The van der Waals surface area contributed by atoms with Crippen LogP contribution in [0.3, 0.4) is 0 Å². The van der Waals surface area contributed by atoms with E-state index in [0.717, 1.165) is 20.4 Å². The molecule has 0 aliphatic rings. The lowest BCUT2D eigenvalue weighted by Gasteiger charge is -2.13. The van der Waals surface area contributed by atoms with Crippen molar-refractivity contribution in [1.29, 1.82) is 0 Å². The number of rotatable bonds is 7. The summed E-state index contributed by atoms with van der Waals surface area (Å²) >= 11 is 8.10. The second kappa shape index (κ2) is 9.05. The lowest BCUT2D eigenvalue weighted by atomic mass is 10.2. The number of carbonyl (C=O) groups is 1. The Morgan fingerprint density at radius 1 is 1.32 bits per heavy atom. The van der Waals surface area contributed by atoms with Gasteiger partial charge in [0.2, 0.25) is 0 Å². The highest BCUT2D eigenvalue weighted by Gasteiger charge is 2.13. The molecule has 0 fully saturated rings. The van der Waals surface area contributed by atoms with Crippen LogP contribution in [0.2, 0.25) is 5.02 Å². The standard InChI is InChI=1S/C18H17ClINO4/c1-3-24-16-7-12(6-14(20)18(16)25-10-17(22)23)9-21-15-8-13(19)5-4-11(15)2/h4-9H,3,10H2,1-2H3,(H,22,23). The fourth-order valence-electron chi connectivity index (χ4n) is 2.07. The molecule has 0 saturated carbocycles. The van der Waals surface area contributed by atoms with Gasteiger partial charge in [-0.3, -0.25) is 4.99 Å². The summed E-state index contributed by atoms with van der Waals surface area (Å²) < 4.78 is 11.7. The van der Waals surface area contributed by atoms with Crippen molar-refractivity contribution >= 4 is 52.1 Å². The highest BCUT2D eigenvalue weighted by molar-refractivity contribution is 14.1. The summed E-state index contributed by atoms with van der Waals surface area (Å²) in [6.45, 7) is 3.82. The van der Waals surface area contributed by atoms with Crippen molar-refractivity contribution in [2.75, 3.05) is 13.2 Å². The third-order valence-electron chi connectivity index (χ3n) is 3.20. The highest BCUT2D eigenvalue weighted by atomic mass is 127. The molecule has 0 aromatic heterocycles. The zero-order valence-corrected chi connectivity index (χ0v) is 16.7. The van der Waals surface area contributed by atoms with Gasteiger partial charge in [-0.25, -0.2) is 4.79 Å². The average molecular weight is 474 g/mol. The summed E-state index contributed by atoms with van der Waals surface area (Å²) in [6, 6.07) is 9.15. The molecule has 5 nitrogen and oxygen atoms in total. The number of nitrogens with zero attached hydrogens (tertiary/aromatic N) is 1. The molecule has 0 saturated heterocycles. The van der Waals surface area contributed by atoms with Crippen LogP contribution >= 0.6 is 34.2 Å². The number of ether oxygens (including phenoxy) is 2. The van der Waals surface area contributed by atoms with Crippen LogP contribution in [0, 0.1) is 10.5 Å². The van der Waals surface area contributed by atoms with Crippen LogP contribution in [0.4, 0.5) is 5.69 Å². The molecule has 0 spiro atoms.